The lowest BCUT2D eigenvalue weighted by Gasteiger charge is -1.94. The zero-order valence-corrected chi connectivity index (χ0v) is 5.72. The van der Waals surface area contributed by atoms with Crippen LogP contribution in [0.15, 0.2) is 17.1 Å². The van der Waals surface area contributed by atoms with Gasteiger partial charge in [0, 0.05) is 6.20 Å². The van der Waals surface area contributed by atoms with Crippen molar-refractivity contribution < 1.29 is 5.11 Å². The van der Waals surface area contributed by atoms with E-state index < -0.39 is 5.56 Å². The molecule has 54 valence electrons. The summed E-state index contributed by atoms with van der Waals surface area (Å²) >= 11 is 0. The standard InChI is InChI=1S/C7H9NO2/c1-2-5-3-6(9)7(10)8-4-5/h3-4,9H,2H2,1H3,(H,8,10). The fourth-order valence-electron chi connectivity index (χ4n) is 0.719. The van der Waals surface area contributed by atoms with Crippen molar-refractivity contribution in [2.24, 2.45) is 0 Å². The fourth-order valence-corrected chi connectivity index (χ4v) is 0.719. The minimum Gasteiger partial charge on any atom is -0.503 e. The summed E-state index contributed by atoms with van der Waals surface area (Å²) in [6.07, 6.45) is 2.41. The van der Waals surface area contributed by atoms with Gasteiger partial charge < -0.3 is 10.1 Å². The Hall–Kier alpha value is -1.25. The molecule has 3 nitrogen and oxygen atoms in total. The van der Waals surface area contributed by atoms with E-state index in [4.69, 9.17) is 5.11 Å². The van der Waals surface area contributed by atoms with Crippen LogP contribution in [0.4, 0.5) is 0 Å². The van der Waals surface area contributed by atoms with Crippen molar-refractivity contribution in [1.29, 1.82) is 0 Å². The summed E-state index contributed by atoms with van der Waals surface area (Å²) < 4.78 is 0. The average Bonchev–Trinajstić information content (AvgIpc) is 1.95. The van der Waals surface area contributed by atoms with Crippen molar-refractivity contribution in [3.05, 3.63) is 28.2 Å². The SMILES string of the molecule is CCc1c[nH]c(=O)c(O)c1. The molecule has 0 atom stereocenters. The third kappa shape index (κ3) is 1.18. The normalized spacial score (nSPS) is 9.70. The third-order valence-corrected chi connectivity index (χ3v) is 1.35. The largest absolute Gasteiger partial charge is 0.503 e. The van der Waals surface area contributed by atoms with E-state index in [-0.39, 0.29) is 5.75 Å². The van der Waals surface area contributed by atoms with Crippen molar-refractivity contribution in [2.75, 3.05) is 0 Å². The highest BCUT2D eigenvalue weighted by Gasteiger charge is 1.95. The van der Waals surface area contributed by atoms with Crippen LogP contribution in [-0.2, 0) is 6.42 Å². The lowest BCUT2D eigenvalue weighted by molar-refractivity contribution is 0.465. The zero-order chi connectivity index (χ0) is 7.56. The Morgan fingerprint density at radius 2 is 2.40 bits per heavy atom. The van der Waals surface area contributed by atoms with E-state index >= 15 is 0 Å². The molecule has 10 heavy (non-hydrogen) atoms. The van der Waals surface area contributed by atoms with E-state index in [1.54, 1.807) is 6.20 Å². The predicted molar refractivity (Wildman–Crippen MR) is 38.1 cm³/mol. The van der Waals surface area contributed by atoms with Crippen LogP contribution in [0.5, 0.6) is 5.75 Å². The van der Waals surface area contributed by atoms with E-state index in [0.717, 1.165) is 12.0 Å². The number of H-pyrrole nitrogens is 1. The van der Waals surface area contributed by atoms with Crippen LogP contribution >= 0.6 is 0 Å². The Labute approximate surface area is 58.3 Å². The van der Waals surface area contributed by atoms with Gasteiger partial charge in [0.2, 0.25) is 0 Å². The van der Waals surface area contributed by atoms with Crippen LogP contribution in [0.25, 0.3) is 0 Å². The van der Waals surface area contributed by atoms with Crippen LogP contribution in [0.3, 0.4) is 0 Å². The number of hydrogen-bond acceptors (Lipinski definition) is 2. The molecule has 0 spiro atoms. The number of nitrogens with one attached hydrogen (secondary N) is 1. The van der Waals surface area contributed by atoms with Gasteiger partial charge in [-0.05, 0) is 18.1 Å². The van der Waals surface area contributed by atoms with Crippen molar-refractivity contribution in [2.45, 2.75) is 13.3 Å². The molecule has 0 aliphatic carbocycles. The Morgan fingerprint density at radius 3 is 2.90 bits per heavy atom. The molecule has 0 saturated carbocycles. The molecule has 1 rings (SSSR count). The van der Waals surface area contributed by atoms with Gasteiger partial charge in [0.15, 0.2) is 5.75 Å². The van der Waals surface area contributed by atoms with Crippen LogP contribution < -0.4 is 5.56 Å². The molecule has 0 amide bonds. The summed E-state index contributed by atoms with van der Waals surface area (Å²) in [6, 6.07) is 1.47. The molecular weight excluding hydrogens is 130 g/mol. The van der Waals surface area contributed by atoms with Gasteiger partial charge in [-0.15, -0.1) is 0 Å². The molecule has 1 aromatic heterocycles. The maximum Gasteiger partial charge on any atom is 0.290 e. The van der Waals surface area contributed by atoms with Crippen molar-refractivity contribution in [3.63, 3.8) is 0 Å². The Kier molecular flexibility index (Phi) is 1.76. The van der Waals surface area contributed by atoms with Crippen LogP contribution in [0.2, 0.25) is 0 Å². The second-order valence-electron chi connectivity index (χ2n) is 2.08. The van der Waals surface area contributed by atoms with Gasteiger partial charge in [0.05, 0.1) is 0 Å². The molecule has 0 saturated heterocycles. The molecule has 0 aromatic carbocycles. The van der Waals surface area contributed by atoms with Gasteiger partial charge in [-0.2, -0.15) is 0 Å². The molecule has 0 aliphatic rings. The Bertz CT molecular complexity index is 277. The van der Waals surface area contributed by atoms with Crippen LogP contribution in [0, 0.1) is 0 Å². The highest BCUT2D eigenvalue weighted by Crippen LogP contribution is 2.02. The molecule has 0 radical (unpaired) electrons. The van der Waals surface area contributed by atoms with Crippen LogP contribution in [0.1, 0.15) is 12.5 Å². The minimum atomic E-state index is -0.433. The smallest absolute Gasteiger partial charge is 0.290 e. The molecule has 0 fully saturated rings. The van der Waals surface area contributed by atoms with E-state index in [2.05, 4.69) is 4.98 Å². The van der Waals surface area contributed by atoms with E-state index in [0.29, 0.717) is 0 Å². The predicted octanol–water partition coefficient (Wildman–Crippen LogP) is 0.643. The highest BCUT2D eigenvalue weighted by molar-refractivity contribution is 5.21. The summed E-state index contributed by atoms with van der Waals surface area (Å²) in [5, 5.41) is 8.89. The van der Waals surface area contributed by atoms with Gasteiger partial charge in [0.25, 0.3) is 5.56 Å². The van der Waals surface area contributed by atoms with Gasteiger partial charge in [0.1, 0.15) is 0 Å². The van der Waals surface area contributed by atoms with Gasteiger partial charge in [-0.1, -0.05) is 6.92 Å². The molecule has 3 heteroatoms. The summed E-state index contributed by atoms with van der Waals surface area (Å²) in [5.74, 6) is -0.209. The second-order valence-corrected chi connectivity index (χ2v) is 2.08. The average molecular weight is 139 g/mol. The number of hydrogen-bond donors (Lipinski definition) is 2. The third-order valence-electron chi connectivity index (χ3n) is 1.35. The molecule has 0 aliphatic heterocycles. The number of rotatable bonds is 1. The van der Waals surface area contributed by atoms with Crippen molar-refractivity contribution >= 4 is 0 Å². The number of aromatic hydroxyl groups is 1. The maximum absolute atomic E-state index is 10.6. The first-order valence-electron chi connectivity index (χ1n) is 3.14. The molecular formula is C7H9NO2. The summed E-state index contributed by atoms with van der Waals surface area (Å²) in [7, 11) is 0. The zero-order valence-electron chi connectivity index (χ0n) is 5.72. The number of aromatic nitrogens is 1. The number of aromatic amines is 1. The fraction of sp³-hybridized carbons (Fsp3) is 0.286. The molecule has 0 bridgehead atoms. The Balaban J connectivity index is 3.17. The van der Waals surface area contributed by atoms with E-state index in [1.807, 2.05) is 6.92 Å². The molecule has 1 aromatic rings. The van der Waals surface area contributed by atoms with Crippen molar-refractivity contribution in [3.8, 4) is 5.75 Å². The van der Waals surface area contributed by atoms with E-state index in [1.165, 1.54) is 6.07 Å². The number of aryl methyl sites for hydroxylation is 1. The maximum atomic E-state index is 10.6. The Morgan fingerprint density at radius 1 is 1.70 bits per heavy atom. The first-order chi connectivity index (χ1) is 4.74. The lowest BCUT2D eigenvalue weighted by atomic mass is 10.2. The first-order valence-corrected chi connectivity index (χ1v) is 3.14. The number of pyridine rings is 1. The molecule has 0 unspecified atom stereocenters. The summed E-state index contributed by atoms with van der Waals surface area (Å²) in [4.78, 5) is 13.0. The lowest BCUT2D eigenvalue weighted by Crippen LogP contribution is -2.04. The minimum absolute atomic E-state index is 0.209. The highest BCUT2D eigenvalue weighted by atomic mass is 16.3. The second kappa shape index (κ2) is 2.56. The monoisotopic (exact) mass is 139 g/mol. The van der Waals surface area contributed by atoms with E-state index in [9.17, 15) is 4.79 Å². The van der Waals surface area contributed by atoms with Gasteiger partial charge in [-0.25, -0.2) is 0 Å². The van der Waals surface area contributed by atoms with Crippen LogP contribution in [-0.4, -0.2) is 10.1 Å². The molecule has 2 N–H and O–H groups in total. The first kappa shape index (κ1) is 6.86. The van der Waals surface area contributed by atoms with Gasteiger partial charge >= 0.3 is 0 Å². The molecule has 1 heterocycles. The topological polar surface area (TPSA) is 53.1 Å². The van der Waals surface area contributed by atoms with Crippen molar-refractivity contribution in [1.82, 2.24) is 4.98 Å². The van der Waals surface area contributed by atoms with Gasteiger partial charge in [-0.3, -0.25) is 4.79 Å². The quantitative estimate of drug-likeness (QED) is 0.600. The summed E-state index contributed by atoms with van der Waals surface area (Å²) in [6.45, 7) is 1.95. The summed E-state index contributed by atoms with van der Waals surface area (Å²) in [5.41, 5.74) is 0.495.